The van der Waals surface area contributed by atoms with Crippen LogP contribution in [0.5, 0.6) is 0 Å². The Kier molecular flexibility index (Phi) is 4.05. The fourth-order valence-corrected chi connectivity index (χ4v) is 3.88. The summed E-state index contributed by atoms with van der Waals surface area (Å²) in [5, 5.41) is 9.24. The minimum absolute atomic E-state index is 0.0848. The molecule has 4 rings (SSSR count). The van der Waals surface area contributed by atoms with Crippen molar-refractivity contribution in [2.24, 2.45) is 11.8 Å². The number of fused-ring (bicyclic) bond motifs is 3. The van der Waals surface area contributed by atoms with Crippen molar-refractivity contribution >= 4 is 5.97 Å². The number of nitrogens with zero attached hydrogens (tertiary/aromatic N) is 2. The Morgan fingerprint density at radius 2 is 2.00 bits per heavy atom. The van der Waals surface area contributed by atoms with E-state index in [9.17, 15) is 9.90 Å². The van der Waals surface area contributed by atoms with Crippen LogP contribution in [0.25, 0.3) is 0 Å². The molecule has 0 spiro atoms. The van der Waals surface area contributed by atoms with Crippen LogP contribution in [-0.4, -0.2) is 72.9 Å². The van der Waals surface area contributed by atoms with E-state index in [1.165, 1.54) is 6.42 Å². The Morgan fingerprint density at radius 1 is 1.21 bits per heavy atom. The molecule has 1 aliphatic carbocycles. The van der Waals surface area contributed by atoms with E-state index in [1.54, 1.807) is 0 Å². The normalized spacial score (nSPS) is 36.5. The summed E-state index contributed by atoms with van der Waals surface area (Å²) in [7, 11) is 0. The molecule has 3 saturated heterocycles. The van der Waals surface area contributed by atoms with E-state index in [-0.39, 0.29) is 5.92 Å². The highest BCUT2D eigenvalue weighted by atomic mass is 16.5. The molecule has 5 heteroatoms. The third-order valence-electron chi connectivity index (χ3n) is 5.08. The Hall–Kier alpha value is -0.650. The minimum Gasteiger partial charge on any atom is -0.481 e. The van der Waals surface area contributed by atoms with Gasteiger partial charge in [0.2, 0.25) is 0 Å². The van der Waals surface area contributed by atoms with Gasteiger partial charge in [0.25, 0.3) is 0 Å². The zero-order valence-corrected chi connectivity index (χ0v) is 11.5. The first kappa shape index (κ1) is 13.3. The molecule has 4 aliphatic rings. The molecule has 3 heterocycles. The van der Waals surface area contributed by atoms with Crippen molar-refractivity contribution in [3.05, 3.63) is 0 Å². The molecule has 1 N–H and O–H groups in total. The van der Waals surface area contributed by atoms with E-state index < -0.39 is 5.97 Å². The lowest BCUT2D eigenvalue weighted by atomic mass is 9.72. The molecule has 3 aliphatic heterocycles. The topological polar surface area (TPSA) is 53.0 Å². The Labute approximate surface area is 114 Å². The summed E-state index contributed by atoms with van der Waals surface area (Å²) in [5.74, 6) is -0.284. The number of carboxylic acids is 1. The van der Waals surface area contributed by atoms with E-state index in [2.05, 4.69) is 9.80 Å². The summed E-state index contributed by atoms with van der Waals surface area (Å²) < 4.78 is 5.36. The number of carbonyl (C=O) groups is 1. The van der Waals surface area contributed by atoms with Crippen molar-refractivity contribution in [2.75, 3.05) is 45.9 Å². The van der Waals surface area contributed by atoms with Gasteiger partial charge in [-0.25, -0.2) is 0 Å². The first-order chi connectivity index (χ1) is 9.24. The third kappa shape index (κ3) is 2.93. The molecule has 5 nitrogen and oxygen atoms in total. The molecule has 3 atom stereocenters. The zero-order valence-electron chi connectivity index (χ0n) is 11.5. The Morgan fingerprint density at radius 3 is 2.63 bits per heavy atom. The number of piperidine rings is 2. The summed E-state index contributed by atoms with van der Waals surface area (Å²) >= 11 is 0. The largest absolute Gasteiger partial charge is 0.481 e. The number of rotatable bonds is 4. The van der Waals surface area contributed by atoms with Gasteiger partial charge in [0, 0.05) is 38.8 Å². The summed E-state index contributed by atoms with van der Waals surface area (Å²) in [4.78, 5) is 16.2. The second-order valence-electron chi connectivity index (χ2n) is 6.12. The van der Waals surface area contributed by atoms with E-state index in [1.807, 2.05) is 0 Å². The average Bonchev–Trinajstić information content (AvgIpc) is 2.46. The van der Waals surface area contributed by atoms with Crippen molar-refractivity contribution in [3.8, 4) is 0 Å². The van der Waals surface area contributed by atoms with Crippen LogP contribution in [0.15, 0.2) is 0 Å². The lowest BCUT2D eigenvalue weighted by molar-refractivity contribution is -0.149. The monoisotopic (exact) mass is 268 g/mol. The number of hydrogen-bond donors (Lipinski definition) is 1. The van der Waals surface area contributed by atoms with Gasteiger partial charge in [-0.2, -0.15) is 0 Å². The van der Waals surface area contributed by atoms with Crippen LogP contribution in [0.3, 0.4) is 0 Å². The van der Waals surface area contributed by atoms with Gasteiger partial charge in [0.05, 0.1) is 19.1 Å². The molecule has 19 heavy (non-hydrogen) atoms. The maximum atomic E-state index is 11.2. The van der Waals surface area contributed by atoms with Gasteiger partial charge in [-0.05, 0) is 25.2 Å². The van der Waals surface area contributed by atoms with Crippen LogP contribution < -0.4 is 0 Å². The second-order valence-corrected chi connectivity index (χ2v) is 6.12. The van der Waals surface area contributed by atoms with Gasteiger partial charge in [-0.3, -0.25) is 14.6 Å². The van der Waals surface area contributed by atoms with Gasteiger partial charge in [-0.1, -0.05) is 0 Å². The maximum absolute atomic E-state index is 11.2. The molecular formula is C14H24N2O3. The first-order valence-corrected chi connectivity index (χ1v) is 7.51. The van der Waals surface area contributed by atoms with Gasteiger partial charge in [0.1, 0.15) is 0 Å². The second kappa shape index (κ2) is 5.77. The predicted octanol–water partition coefficient (Wildman–Crippen LogP) is 0.504. The number of aliphatic carboxylic acids is 1. The number of hydrogen-bond acceptors (Lipinski definition) is 4. The standard InChI is InChI=1S/C14H24N2O3/c17-14(18)13-9-12-2-1-11(13)10-16(12)4-3-15-5-7-19-8-6-15/h11-13H,1-10H2,(H,17,18). The van der Waals surface area contributed by atoms with Crippen molar-refractivity contribution in [2.45, 2.75) is 25.3 Å². The van der Waals surface area contributed by atoms with Crippen molar-refractivity contribution < 1.29 is 14.6 Å². The highest BCUT2D eigenvalue weighted by Crippen LogP contribution is 2.39. The highest BCUT2D eigenvalue weighted by molar-refractivity contribution is 5.70. The van der Waals surface area contributed by atoms with E-state index in [0.29, 0.717) is 12.0 Å². The maximum Gasteiger partial charge on any atom is 0.306 e. The molecule has 1 saturated carbocycles. The van der Waals surface area contributed by atoms with Crippen LogP contribution in [-0.2, 0) is 9.53 Å². The fourth-order valence-electron chi connectivity index (χ4n) is 3.88. The predicted molar refractivity (Wildman–Crippen MR) is 71.1 cm³/mol. The summed E-state index contributed by atoms with van der Waals surface area (Å²) in [6, 6.07) is 0.507. The fraction of sp³-hybridized carbons (Fsp3) is 0.929. The van der Waals surface area contributed by atoms with Crippen molar-refractivity contribution in [1.82, 2.24) is 9.80 Å². The van der Waals surface area contributed by atoms with Crippen molar-refractivity contribution in [3.63, 3.8) is 0 Å². The summed E-state index contributed by atoms with van der Waals surface area (Å²) in [6.07, 6.45) is 3.16. The van der Waals surface area contributed by atoms with E-state index in [0.717, 1.165) is 58.8 Å². The molecule has 4 fully saturated rings. The lowest BCUT2D eigenvalue weighted by Crippen LogP contribution is -2.55. The SMILES string of the molecule is O=C(O)C1CC2CCC1CN2CCN1CCOCC1. The van der Waals surface area contributed by atoms with Crippen LogP contribution in [0, 0.1) is 11.8 Å². The molecule has 2 bridgehead atoms. The molecule has 0 radical (unpaired) electrons. The Balaban J connectivity index is 1.49. The van der Waals surface area contributed by atoms with Gasteiger partial charge < -0.3 is 9.84 Å². The molecule has 0 amide bonds. The quantitative estimate of drug-likeness (QED) is 0.805. The van der Waals surface area contributed by atoms with Gasteiger partial charge in [0.15, 0.2) is 0 Å². The molecule has 0 aromatic heterocycles. The minimum atomic E-state index is -0.581. The van der Waals surface area contributed by atoms with E-state index >= 15 is 0 Å². The third-order valence-corrected chi connectivity index (χ3v) is 5.08. The number of morpholine rings is 1. The molecule has 0 aromatic carbocycles. The highest BCUT2D eigenvalue weighted by Gasteiger charge is 2.43. The van der Waals surface area contributed by atoms with Crippen molar-refractivity contribution in [1.29, 1.82) is 0 Å². The van der Waals surface area contributed by atoms with Crippen LogP contribution in [0.1, 0.15) is 19.3 Å². The van der Waals surface area contributed by atoms with Gasteiger partial charge >= 0.3 is 5.97 Å². The van der Waals surface area contributed by atoms with Gasteiger partial charge in [-0.15, -0.1) is 0 Å². The lowest BCUT2D eigenvalue weighted by Gasteiger charge is -2.48. The van der Waals surface area contributed by atoms with Crippen LogP contribution in [0.4, 0.5) is 0 Å². The molecule has 3 unspecified atom stereocenters. The van der Waals surface area contributed by atoms with Crippen LogP contribution >= 0.6 is 0 Å². The molecular weight excluding hydrogens is 244 g/mol. The number of carboxylic acid groups (broad SMARTS) is 1. The molecule has 0 aromatic rings. The molecule has 108 valence electrons. The van der Waals surface area contributed by atoms with E-state index in [4.69, 9.17) is 4.74 Å². The zero-order chi connectivity index (χ0) is 13.2. The smallest absolute Gasteiger partial charge is 0.306 e. The number of ether oxygens (including phenoxy) is 1. The summed E-state index contributed by atoms with van der Waals surface area (Å²) in [5.41, 5.74) is 0. The average molecular weight is 268 g/mol. The van der Waals surface area contributed by atoms with Crippen LogP contribution in [0.2, 0.25) is 0 Å². The Bertz CT molecular complexity index is 331. The summed E-state index contributed by atoms with van der Waals surface area (Å²) in [6.45, 7) is 6.98. The first-order valence-electron chi connectivity index (χ1n) is 7.51.